The minimum atomic E-state index is -4.08. The Labute approximate surface area is 154 Å². The zero-order valence-electron chi connectivity index (χ0n) is 12.6. The summed E-state index contributed by atoms with van der Waals surface area (Å²) in [6, 6.07) is 0. The van der Waals surface area contributed by atoms with Crippen LogP contribution < -0.4 is 10.6 Å². The molecule has 0 unspecified atom stereocenters. The Hall–Kier alpha value is -0.780. The Morgan fingerprint density at radius 2 is 1.96 bits per heavy atom. The number of anilines is 1. The minimum absolute atomic E-state index is 0. The predicted molar refractivity (Wildman–Crippen MR) is 97.7 cm³/mol. The van der Waals surface area contributed by atoms with Gasteiger partial charge in [-0.1, -0.05) is 0 Å². The minimum Gasteiger partial charge on any atom is -0.370 e. The van der Waals surface area contributed by atoms with Gasteiger partial charge in [-0.25, -0.2) is 4.98 Å². The van der Waals surface area contributed by atoms with Gasteiger partial charge in [-0.3, -0.25) is 4.99 Å². The molecule has 23 heavy (non-hydrogen) atoms. The van der Waals surface area contributed by atoms with Gasteiger partial charge < -0.3 is 15.5 Å². The second-order valence-electron chi connectivity index (χ2n) is 5.10. The van der Waals surface area contributed by atoms with E-state index in [0.717, 1.165) is 31.3 Å². The molecule has 2 heterocycles. The second-order valence-corrected chi connectivity index (χ2v) is 5.97. The first-order chi connectivity index (χ1) is 10.5. The number of hydrogen-bond acceptors (Lipinski definition) is 4. The third kappa shape index (κ3) is 7.10. The lowest BCUT2D eigenvalue weighted by molar-refractivity contribution is -0.135. The Bertz CT molecular complexity index is 472. The number of unbranched alkanes of at least 4 members (excludes halogenated alkanes) is 1. The van der Waals surface area contributed by atoms with Crippen molar-refractivity contribution in [3.8, 4) is 0 Å². The summed E-state index contributed by atoms with van der Waals surface area (Å²) in [5.41, 5.74) is 5.90. The Morgan fingerprint density at radius 1 is 1.26 bits per heavy atom. The number of alkyl halides is 3. The van der Waals surface area contributed by atoms with Crippen molar-refractivity contribution in [3.05, 3.63) is 11.6 Å². The van der Waals surface area contributed by atoms with Crippen LogP contribution in [0.1, 0.15) is 19.3 Å². The molecule has 1 aliphatic rings. The first kappa shape index (κ1) is 20.3. The summed E-state index contributed by atoms with van der Waals surface area (Å²) < 4.78 is 36.0. The number of piperazine rings is 1. The molecule has 1 aromatic rings. The molecule has 1 fully saturated rings. The van der Waals surface area contributed by atoms with E-state index < -0.39 is 12.6 Å². The van der Waals surface area contributed by atoms with Crippen molar-refractivity contribution >= 4 is 46.4 Å². The molecule has 2 N–H and O–H groups in total. The van der Waals surface area contributed by atoms with Crippen molar-refractivity contribution < 1.29 is 13.2 Å². The average Bonchev–Trinajstić information content (AvgIpc) is 3.00. The summed E-state index contributed by atoms with van der Waals surface area (Å²) in [4.78, 5) is 12.6. The van der Waals surface area contributed by atoms with Crippen LogP contribution in [0, 0.1) is 0 Å². The van der Waals surface area contributed by atoms with Gasteiger partial charge in [0.1, 0.15) is 0 Å². The SMILES string of the molecule is I.NC(=NCCCCC(F)(F)F)N1CCN(c2nccs2)CC1. The van der Waals surface area contributed by atoms with Gasteiger partial charge in [0, 0.05) is 50.7 Å². The number of hydrogen-bond donors (Lipinski definition) is 1. The molecule has 1 saturated heterocycles. The smallest absolute Gasteiger partial charge is 0.370 e. The van der Waals surface area contributed by atoms with Crippen LogP contribution >= 0.6 is 35.3 Å². The van der Waals surface area contributed by atoms with E-state index in [2.05, 4.69) is 14.9 Å². The van der Waals surface area contributed by atoms with Crippen molar-refractivity contribution in [1.29, 1.82) is 0 Å². The summed E-state index contributed by atoms with van der Waals surface area (Å²) in [6.45, 7) is 3.47. The average molecular weight is 463 g/mol. The summed E-state index contributed by atoms with van der Waals surface area (Å²) in [5, 5.41) is 2.95. The van der Waals surface area contributed by atoms with Gasteiger partial charge in [0.05, 0.1) is 0 Å². The van der Waals surface area contributed by atoms with E-state index >= 15 is 0 Å². The molecule has 1 aliphatic heterocycles. The molecule has 0 bridgehead atoms. The van der Waals surface area contributed by atoms with Crippen molar-refractivity contribution in [2.24, 2.45) is 10.7 Å². The molecular weight excluding hydrogens is 442 g/mol. The zero-order chi connectivity index (χ0) is 16.0. The van der Waals surface area contributed by atoms with Crippen molar-refractivity contribution in [2.75, 3.05) is 37.6 Å². The summed E-state index contributed by atoms with van der Waals surface area (Å²) >= 11 is 1.60. The van der Waals surface area contributed by atoms with Crippen LogP contribution in [0.3, 0.4) is 0 Å². The van der Waals surface area contributed by atoms with E-state index in [1.165, 1.54) is 0 Å². The molecular formula is C13H21F3IN5S. The van der Waals surface area contributed by atoms with Gasteiger partial charge in [0.2, 0.25) is 0 Å². The second kappa shape index (κ2) is 9.50. The van der Waals surface area contributed by atoms with Crippen LogP contribution in [0.15, 0.2) is 16.6 Å². The molecule has 0 aliphatic carbocycles. The standard InChI is InChI=1S/C13H20F3N5S.HI/c14-13(15,16)3-1-2-4-18-11(17)20-6-8-21(9-7-20)12-19-5-10-22-12;/h5,10H,1-4,6-9H2,(H2,17,18);1H. The highest BCUT2D eigenvalue weighted by atomic mass is 127. The maximum Gasteiger partial charge on any atom is 0.389 e. The molecule has 0 radical (unpaired) electrons. The Balaban J connectivity index is 0.00000264. The van der Waals surface area contributed by atoms with Gasteiger partial charge in [-0.15, -0.1) is 35.3 Å². The van der Waals surface area contributed by atoms with E-state index in [9.17, 15) is 13.2 Å². The molecule has 132 valence electrons. The van der Waals surface area contributed by atoms with E-state index in [4.69, 9.17) is 5.73 Å². The van der Waals surface area contributed by atoms with Crippen molar-refractivity contribution in [1.82, 2.24) is 9.88 Å². The molecule has 0 atom stereocenters. The van der Waals surface area contributed by atoms with Gasteiger partial charge in [0.25, 0.3) is 0 Å². The molecule has 0 amide bonds. The van der Waals surface area contributed by atoms with E-state index in [1.54, 1.807) is 17.5 Å². The van der Waals surface area contributed by atoms with Crippen molar-refractivity contribution in [2.45, 2.75) is 25.4 Å². The summed E-state index contributed by atoms with van der Waals surface area (Å²) in [5.74, 6) is 0.422. The van der Waals surface area contributed by atoms with Crippen LogP contribution in [-0.2, 0) is 0 Å². The maximum atomic E-state index is 12.0. The molecule has 10 heteroatoms. The number of halogens is 4. The largest absolute Gasteiger partial charge is 0.389 e. The fraction of sp³-hybridized carbons (Fsp3) is 0.692. The number of nitrogens with two attached hydrogens (primary N) is 1. The number of thiazole rings is 1. The van der Waals surface area contributed by atoms with Crippen LogP contribution in [0.4, 0.5) is 18.3 Å². The number of rotatable bonds is 5. The van der Waals surface area contributed by atoms with Gasteiger partial charge in [-0.05, 0) is 12.8 Å². The zero-order valence-corrected chi connectivity index (χ0v) is 15.8. The highest BCUT2D eigenvalue weighted by Gasteiger charge is 2.25. The number of aromatic nitrogens is 1. The fourth-order valence-corrected chi connectivity index (χ4v) is 2.93. The number of aliphatic imine (C=N–C) groups is 1. The summed E-state index contributed by atoms with van der Waals surface area (Å²) in [7, 11) is 0. The molecule has 1 aromatic heterocycles. The predicted octanol–water partition coefficient (Wildman–Crippen LogP) is 2.93. The fourth-order valence-electron chi connectivity index (χ4n) is 2.23. The third-order valence-electron chi connectivity index (χ3n) is 3.44. The topological polar surface area (TPSA) is 57.8 Å². The lowest BCUT2D eigenvalue weighted by Gasteiger charge is -2.35. The first-order valence-electron chi connectivity index (χ1n) is 7.22. The Morgan fingerprint density at radius 3 is 2.52 bits per heavy atom. The molecule has 2 rings (SSSR count). The number of nitrogens with zero attached hydrogens (tertiary/aromatic N) is 4. The molecule has 0 saturated carbocycles. The molecule has 0 spiro atoms. The Kier molecular flexibility index (Phi) is 8.37. The van der Waals surface area contributed by atoms with Gasteiger partial charge >= 0.3 is 6.18 Å². The highest BCUT2D eigenvalue weighted by molar-refractivity contribution is 14.0. The third-order valence-corrected chi connectivity index (χ3v) is 4.27. The number of guanidine groups is 1. The van der Waals surface area contributed by atoms with Gasteiger partial charge in [-0.2, -0.15) is 13.2 Å². The van der Waals surface area contributed by atoms with E-state index in [1.807, 2.05) is 10.3 Å². The van der Waals surface area contributed by atoms with E-state index in [0.29, 0.717) is 18.9 Å². The lowest BCUT2D eigenvalue weighted by Crippen LogP contribution is -2.51. The van der Waals surface area contributed by atoms with Crippen molar-refractivity contribution in [3.63, 3.8) is 0 Å². The van der Waals surface area contributed by atoms with Gasteiger partial charge in [0.15, 0.2) is 11.1 Å². The normalized spacial score (nSPS) is 16.4. The lowest BCUT2D eigenvalue weighted by atomic mass is 10.2. The van der Waals surface area contributed by atoms with Crippen LogP contribution in [0.5, 0.6) is 0 Å². The monoisotopic (exact) mass is 463 g/mol. The van der Waals surface area contributed by atoms with Crippen LogP contribution in [0.25, 0.3) is 0 Å². The van der Waals surface area contributed by atoms with E-state index in [-0.39, 0.29) is 30.4 Å². The summed E-state index contributed by atoms with van der Waals surface area (Å²) in [6.07, 6.45) is -2.56. The highest BCUT2D eigenvalue weighted by Crippen LogP contribution is 2.22. The van der Waals surface area contributed by atoms with Crippen LogP contribution in [-0.4, -0.2) is 54.7 Å². The quantitative estimate of drug-likeness (QED) is 0.316. The maximum absolute atomic E-state index is 12.0. The van der Waals surface area contributed by atoms with Crippen LogP contribution in [0.2, 0.25) is 0 Å². The first-order valence-corrected chi connectivity index (χ1v) is 8.10. The molecule has 0 aromatic carbocycles. The molecule has 5 nitrogen and oxygen atoms in total.